The van der Waals surface area contributed by atoms with E-state index in [9.17, 15) is 4.79 Å². The molecular weight excluding hydrogens is 228 g/mol. The van der Waals surface area contributed by atoms with Gasteiger partial charge in [0.05, 0.1) is 13.7 Å². The molecule has 0 fully saturated rings. The van der Waals surface area contributed by atoms with Crippen molar-refractivity contribution in [2.75, 3.05) is 13.7 Å². The van der Waals surface area contributed by atoms with E-state index < -0.39 is 0 Å². The van der Waals surface area contributed by atoms with Crippen molar-refractivity contribution in [2.24, 2.45) is 0 Å². The minimum absolute atomic E-state index is 0.212. The van der Waals surface area contributed by atoms with E-state index in [1.165, 1.54) is 7.11 Å². The van der Waals surface area contributed by atoms with E-state index in [1.54, 1.807) is 6.07 Å². The van der Waals surface area contributed by atoms with Crippen molar-refractivity contribution >= 4 is 17.6 Å². The van der Waals surface area contributed by atoms with Crippen LogP contribution >= 0.6 is 11.6 Å². The van der Waals surface area contributed by atoms with Crippen molar-refractivity contribution in [1.29, 1.82) is 0 Å². The van der Waals surface area contributed by atoms with Gasteiger partial charge in [0.15, 0.2) is 0 Å². The first kappa shape index (κ1) is 12.8. The zero-order chi connectivity index (χ0) is 12.0. The summed E-state index contributed by atoms with van der Waals surface area (Å²) < 4.78 is 10.00. The predicted molar refractivity (Wildman–Crippen MR) is 62.9 cm³/mol. The molecule has 0 aliphatic carbocycles. The Morgan fingerprint density at radius 2 is 2.19 bits per heavy atom. The SMILES string of the molecule is COC(=O)CCCOc1ccc(Cl)c(C)c1. The van der Waals surface area contributed by atoms with Gasteiger partial charge in [-0.15, -0.1) is 0 Å². The van der Waals surface area contributed by atoms with Gasteiger partial charge in [0.25, 0.3) is 0 Å². The molecule has 0 atom stereocenters. The van der Waals surface area contributed by atoms with E-state index >= 15 is 0 Å². The van der Waals surface area contributed by atoms with Crippen LogP contribution in [-0.2, 0) is 9.53 Å². The fraction of sp³-hybridized carbons (Fsp3) is 0.417. The number of aryl methyl sites for hydroxylation is 1. The summed E-state index contributed by atoms with van der Waals surface area (Å²) in [5.74, 6) is 0.558. The van der Waals surface area contributed by atoms with Gasteiger partial charge in [0.2, 0.25) is 0 Å². The molecule has 0 N–H and O–H groups in total. The molecule has 0 bridgehead atoms. The first-order chi connectivity index (χ1) is 7.63. The van der Waals surface area contributed by atoms with E-state index in [-0.39, 0.29) is 5.97 Å². The molecule has 0 aromatic heterocycles. The number of methoxy groups -OCH3 is 1. The zero-order valence-electron chi connectivity index (χ0n) is 9.46. The summed E-state index contributed by atoms with van der Waals surface area (Å²) in [6.45, 7) is 2.42. The van der Waals surface area contributed by atoms with Gasteiger partial charge in [-0.25, -0.2) is 0 Å². The minimum Gasteiger partial charge on any atom is -0.494 e. The molecule has 0 aliphatic rings. The van der Waals surface area contributed by atoms with Gasteiger partial charge in [0.1, 0.15) is 5.75 Å². The predicted octanol–water partition coefficient (Wildman–Crippen LogP) is 2.98. The molecule has 0 spiro atoms. The fourth-order valence-corrected chi connectivity index (χ4v) is 1.33. The number of carbonyl (C=O) groups is 1. The average Bonchev–Trinajstić information content (AvgIpc) is 2.28. The van der Waals surface area contributed by atoms with Crippen LogP contribution in [-0.4, -0.2) is 19.7 Å². The maximum Gasteiger partial charge on any atom is 0.305 e. The Kier molecular flexibility index (Phi) is 5.12. The van der Waals surface area contributed by atoms with Crippen molar-refractivity contribution in [3.8, 4) is 5.75 Å². The molecule has 0 radical (unpaired) electrons. The highest BCUT2D eigenvalue weighted by molar-refractivity contribution is 6.31. The Morgan fingerprint density at radius 3 is 2.81 bits per heavy atom. The highest BCUT2D eigenvalue weighted by Gasteiger charge is 2.01. The largest absolute Gasteiger partial charge is 0.494 e. The molecule has 1 rings (SSSR count). The number of rotatable bonds is 5. The summed E-state index contributed by atoms with van der Waals surface area (Å²) in [6.07, 6.45) is 1.03. The minimum atomic E-state index is -0.212. The van der Waals surface area contributed by atoms with Crippen molar-refractivity contribution in [2.45, 2.75) is 19.8 Å². The van der Waals surface area contributed by atoms with Gasteiger partial charge in [-0.1, -0.05) is 11.6 Å². The number of halogens is 1. The van der Waals surface area contributed by atoms with Crippen LogP contribution in [0.4, 0.5) is 0 Å². The quantitative estimate of drug-likeness (QED) is 0.588. The van der Waals surface area contributed by atoms with Crippen molar-refractivity contribution < 1.29 is 14.3 Å². The van der Waals surface area contributed by atoms with Gasteiger partial charge in [-0.05, 0) is 37.1 Å². The standard InChI is InChI=1S/C12H15ClO3/c1-9-8-10(5-6-11(9)13)16-7-3-4-12(14)15-2/h5-6,8H,3-4,7H2,1-2H3. The third-order valence-electron chi connectivity index (χ3n) is 2.15. The van der Waals surface area contributed by atoms with Crippen molar-refractivity contribution in [1.82, 2.24) is 0 Å². The van der Waals surface area contributed by atoms with Crippen LogP contribution in [0.25, 0.3) is 0 Å². The highest BCUT2D eigenvalue weighted by Crippen LogP contribution is 2.21. The Hall–Kier alpha value is -1.22. The molecule has 88 valence electrons. The van der Waals surface area contributed by atoms with Crippen LogP contribution in [0.15, 0.2) is 18.2 Å². The number of ether oxygens (including phenoxy) is 2. The monoisotopic (exact) mass is 242 g/mol. The lowest BCUT2D eigenvalue weighted by Gasteiger charge is -2.07. The first-order valence-electron chi connectivity index (χ1n) is 5.09. The Morgan fingerprint density at radius 1 is 1.44 bits per heavy atom. The topological polar surface area (TPSA) is 35.5 Å². The summed E-state index contributed by atoms with van der Waals surface area (Å²) in [7, 11) is 1.38. The molecule has 0 saturated heterocycles. The van der Waals surface area contributed by atoms with Crippen LogP contribution in [0.1, 0.15) is 18.4 Å². The number of carbonyl (C=O) groups excluding carboxylic acids is 1. The summed E-state index contributed by atoms with van der Waals surface area (Å²) >= 11 is 5.89. The smallest absolute Gasteiger partial charge is 0.305 e. The number of esters is 1. The average molecular weight is 243 g/mol. The number of benzene rings is 1. The third-order valence-corrected chi connectivity index (χ3v) is 2.58. The Balaban J connectivity index is 2.32. The van der Waals surface area contributed by atoms with E-state index in [0.717, 1.165) is 16.3 Å². The molecule has 0 aliphatic heterocycles. The molecule has 0 amide bonds. The fourth-order valence-electron chi connectivity index (χ4n) is 1.22. The lowest BCUT2D eigenvalue weighted by Crippen LogP contribution is -2.04. The second-order valence-electron chi connectivity index (χ2n) is 3.44. The maximum atomic E-state index is 10.8. The lowest BCUT2D eigenvalue weighted by atomic mass is 10.2. The maximum absolute atomic E-state index is 10.8. The number of hydrogen-bond donors (Lipinski definition) is 0. The molecule has 4 heteroatoms. The lowest BCUT2D eigenvalue weighted by molar-refractivity contribution is -0.140. The van der Waals surface area contributed by atoms with E-state index in [2.05, 4.69) is 4.74 Å². The molecule has 1 aromatic rings. The zero-order valence-corrected chi connectivity index (χ0v) is 10.2. The summed E-state index contributed by atoms with van der Waals surface area (Å²) in [5, 5.41) is 0.724. The Labute approximate surface area is 100 Å². The van der Waals surface area contributed by atoms with E-state index in [0.29, 0.717) is 19.4 Å². The Bertz CT molecular complexity index is 363. The summed E-state index contributed by atoms with van der Waals surface area (Å²) in [6, 6.07) is 5.49. The summed E-state index contributed by atoms with van der Waals surface area (Å²) in [5.41, 5.74) is 0.979. The van der Waals surface area contributed by atoms with Crippen LogP contribution < -0.4 is 4.74 Å². The van der Waals surface area contributed by atoms with Crippen LogP contribution in [0, 0.1) is 6.92 Å². The van der Waals surface area contributed by atoms with Gasteiger partial charge in [-0.2, -0.15) is 0 Å². The highest BCUT2D eigenvalue weighted by atomic mass is 35.5. The number of hydrogen-bond acceptors (Lipinski definition) is 3. The van der Waals surface area contributed by atoms with Gasteiger partial charge >= 0.3 is 5.97 Å². The molecule has 0 saturated carbocycles. The second kappa shape index (κ2) is 6.38. The van der Waals surface area contributed by atoms with Crippen molar-refractivity contribution in [3.05, 3.63) is 28.8 Å². The van der Waals surface area contributed by atoms with Crippen molar-refractivity contribution in [3.63, 3.8) is 0 Å². The van der Waals surface area contributed by atoms with Crippen LogP contribution in [0.2, 0.25) is 5.02 Å². The van der Waals surface area contributed by atoms with Gasteiger partial charge < -0.3 is 9.47 Å². The normalized spacial score (nSPS) is 9.94. The molecule has 1 aromatic carbocycles. The van der Waals surface area contributed by atoms with Gasteiger partial charge in [-0.3, -0.25) is 4.79 Å². The molecule has 0 unspecified atom stereocenters. The van der Waals surface area contributed by atoms with Crippen LogP contribution in [0.5, 0.6) is 5.75 Å². The third kappa shape index (κ3) is 4.11. The summed E-state index contributed by atoms with van der Waals surface area (Å²) in [4.78, 5) is 10.8. The van der Waals surface area contributed by atoms with Crippen LogP contribution in [0.3, 0.4) is 0 Å². The molecule has 16 heavy (non-hydrogen) atoms. The van der Waals surface area contributed by atoms with Gasteiger partial charge in [0, 0.05) is 11.4 Å². The molecule has 3 nitrogen and oxygen atoms in total. The first-order valence-corrected chi connectivity index (χ1v) is 5.47. The molecular formula is C12H15ClO3. The van der Waals surface area contributed by atoms with E-state index in [4.69, 9.17) is 16.3 Å². The second-order valence-corrected chi connectivity index (χ2v) is 3.85. The van der Waals surface area contributed by atoms with E-state index in [1.807, 2.05) is 19.1 Å². The molecule has 0 heterocycles.